The van der Waals surface area contributed by atoms with E-state index in [1.807, 2.05) is 60.7 Å². The molecule has 0 aliphatic heterocycles. The van der Waals surface area contributed by atoms with Crippen molar-refractivity contribution in [3.63, 3.8) is 0 Å². The van der Waals surface area contributed by atoms with Crippen LogP contribution < -0.4 is 0 Å². The molecule has 0 saturated heterocycles. The average molecular weight is 382 g/mol. The second kappa shape index (κ2) is 9.51. The molecule has 0 bridgehead atoms. The molecule has 2 N–H and O–H groups in total. The first-order chi connectivity index (χ1) is 13.5. The van der Waals surface area contributed by atoms with E-state index >= 15 is 0 Å². The monoisotopic (exact) mass is 382 g/mol. The second-order valence-corrected chi connectivity index (χ2v) is 7.42. The SMILES string of the molecule is O=C(O)C(C(=O)OC(Cc1ccccc1)c1ccccc1)[C@@H]1CCC[C@@H](O)C1. The lowest BCUT2D eigenvalue weighted by Gasteiger charge is -2.30. The van der Waals surface area contributed by atoms with E-state index in [2.05, 4.69) is 0 Å². The Labute approximate surface area is 165 Å². The Kier molecular flexibility index (Phi) is 6.82. The van der Waals surface area contributed by atoms with E-state index in [0.717, 1.165) is 17.5 Å². The topological polar surface area (TPSA) is 83.8 Å². The van der Waals surface area contributed by atoms with E-state index in [9.17, 15) is 19.8 Å². The third kappa shape index (κ3) is 5.20. The molecule has 2 unspecified atom stereocenters. The Morgan fingerprint density at radius 2 is 1.64 bits per heavy atom. The third-order valence-electron chi connectivity index (χ3n) is 5.37. The number of carbonyl (C=O) groups is 2. The van der Waals surface area contributed by atoms with Gasteiger partial charge >= 0.3 is 11.9 Å². The van der Waals surface area contributed by atoms with Crippen LogP contribution in [0.4, 0.5) is 0 Å². The van der Waals surface area contributed by atoms with E-state index in [1.165, 1.54) is 0 Å². The third-order valence-corrected chi connectivity index (χ3v) is 5.37. The van der Waals surface area contributed by atoms with Gasteiger partial charge in [0.15, 0.2) is 5.92 Å². The quantitative estimate of drug-likeness (QED) is 0.563. The minimum Gasteiger partial charge on any atom is -0.481 e. The van der Waals surface area contributed by atoms with E-state index in [4.69, 9.17) is 4.74 Å². The molecular formula is C23H26O5. The van der Waals surface area contributed by atoms with Crippen LogP contribution in [0.5, 0.6) is 0 Å². The standard InChI is InChI=1S/C23H26O5/c24-19-13-7-12-18(15-19)21(22(25)26)23(27)28-20(17-10-5-2-6-11-17)14-16-8-3-1-4-9-16/h1-6,8-11,18-21,24H,7,12-15H2,(H,25,26)/t18-,19-,20?,21?/m1/s1. The van der Waals surface area contributed by atoms with Crippen molar-refractivity contribution in [2.24, 2.45) is 11.8 Å². The number of carbonyl (C=O) groups excluding carboxylic acids is 1. The number of esters is 1. The lowest BCUT2D eigenvalue weighted by atomic mass is 9.78. The number of hydrogen-bond acceptors (Lipinski definition) is 4. The summed E-state index contributed by atoms with van der Waals surface area (Å²) >= 11 is 0. The van der Waals surface area contributed by atoms with Crippen molar-refractivity contribution in [2.45, 2.75) is 44.3 Å². The minimum absolute atomic E-state index is 0.320. The van der Waals surface area contributed by atoms with Gasteiger partial charge in [-0.1, -0.05) is 67.1 Å². The molecular weight excluding hydrogens is 356 g/mol. The predicted octanol–water partition coefficient (Wildman–Crippen LogP) is 3.77. The Morgan fingerprint density at radius 3 is 2.25 bits per heavy atom. The molecule has 0 amide bonds. The van der Waals surface area contributed by atoms with Crippen LogP contribution in [0, 0.1) is 11.8 Å². The lowest BCUT2D eigenvalue weighted by molar-refractivity contribution is -0.166. The van der Waals surface area contributed by atoms with Crippen molar-refractivity contribution in [1.29, 1.82) is 0 Å². The fourth-order valence-corrected chi connectivity index (χ4v) is 3.94. The van der Waals surface area contributed by atoms with Gasteiger partial charge in [-0.2, -0.15) is 0 Å². The fourth-order valence-electron chi connectivity index (χ4n) is 3.94. The zero-order valence-electron chi connectivity index (χ0n) is 15.7. The van der Waals surface area contributed by atoms with E-state index < -0.39 is 36.0 Å². The summed E-state index contributed by atoms with van der Waals surface area (Å²) in [7, 11) is 0. The highest BCUT2D eigenvalue weighted by atomic mass is 16.5. The molecule has 148 valence electrons. The number of aliphatic hydroxyl groups is 1. The largest absolute Gasteiger partial charge is 0.481 e. The number of carboxylic acids is 1. The normalized spacial score (nSPS) is 21.5. The van der Waals surface area contributed by atoms with Gasteiger partial charge < -0.3 is 14.9 Å². The molecule has 28 heavy (non-hydrogen) atoms. The molecule has 5 nitrogen and oxygen atoms in total. The van der Waals surface area contributed by atoms with E-state index in [-0.39, 0.29) is 0 Å². The van der Waals surface area contributed by atoms with Gasteiger partial charge in [0.2, 0.25) is 0 Å². The summed E-state index contributed by atoms with van der Waals surface area (Å²) < 4.78 is 5.75. The number of hydrogen-bond donors (Lipinski definition) is 2. The van der Waals surface area contributed by atoms with Crippen molar-refractivity contribution in [3.05, 3.63) is 71.8 Å². The average Bonchev–Trinajstić information content (AvgIpc) is 2.69. The molecule has 1 fully saturated rings. The number of aliphatic carboxylic acids is 1. The van der Waals surface area contributed by atoms with Crippen molar-refractivity contribution in [1.82, 2.24) is 0 Å². The summed E-state index contributed by atoms with van der Waals surface area (Å²) in [4.78, 5) is 24.7. The van der Waals surface area contributed by atoms with Gasteiger partial charge in [0.05, 0.1) is 6.10 Å². The molecule has 0 aromatic heterocycles. The first-order valence-electron chi connectivity index (χ1n) is 9.75. The van der Waals surface area contributed by atoms with Crippen LogP contribution in [0.25, 0.3) is 0 Å². The highest BCUT2D eigenvalue weighted by molar-refractivity contribution is 5.94. The van der Waals surface area contributed by atoms with Crippen LogP contribution in [0.2, 0.25) is 0 Å². The molecule has 0 radical (unpaired) electrons. The Hall–Kier alpha value is -2.66. The highest BCUT2D eigenvalue weighted by Crippen LogP contribution is 2.33. The van der Waals surface area contributed by atoms with Gasteiger partial charge in [-0.3, -0.25) is 9.59 Å². The molecule has 1 saturated carbocycles. The van der Waals surface area contributed by atoms with Crippen LogP contribution in [0.3, 0.4) is 0 Å². The zero-order chi connectivity index (χ0) is 19.9. The maximum Gasteiger partial charge on any atom is 0.321 e. The lowest BCUT2D eigenvalue weighted by Crippen LogP contribution is -2.37. The zero-order valence-corrected chi connectivity index (χ0v) is 15.7. The van der Waals surface area contributed by atoms with E-state index in [1.54, 1.807) is 0 Å². The van der Waals surface area contributed by atoms with Crippen molar-refractivity contribution >= 4 is 11.9 Å². The van der Waals surface area contributed by atoms with Gasteiger partial charge in [0.1, 0.15) is 6.10 Å². The minimum atomic E-state index is -1.25. The van der Waals surface area contributed by atoms with Crippen LogP contribution in [0.15, 0.2) is 60.7 Å². The summed E-state index contributed by atoms with van der Waals surface area (Å²) in [5.41, 5.74) is 1.83. The molecule has 1 aliphatic carbocycles. The summed E-state index contributed by atoms with van der Waals surface area (Å²) in [6.45, 7) is 0. The number of rotatable bonds is 7. The highest BCUT2D eigenvalue weighted by Gasteiger charge is 2.39. The summed E-state index contributed by atoms with van der Waals surface area (Å²) in [5, 5.41) is 19.6. The molecule has 0 heterocycles. The van der Waals surface area contributed by atoms with Crippen molar-refractivity contribution in [2.75, 3.05) is 0 Å². The van der Waals surface area contributed by atoms with Gasteiger partial charge in [0, 0.05) is 6.42 Å². The van der Waals surface area contributed by atoms with Gasteiger partial charge in [-0.25, -0.2) is 0 Å². The molecule has 4 atom stereocenters. The van der Waals surface area contributed by atoms with Gasteiger partial charge in [-0.15, -0.1) is 0 Å². The summed E-state index contributed by atoms with van der Waals surface area (Å²) in [6.07, 6.45) is 1.65. The smallest absolute Gasteiger partial charge is 0.321 e. The molecule has 0 spiro atoms. The number of benzene rings is 2. The molecule has 3 rings (SSSR count). The van der Waals surface area contributed by atoms with Crippen LogP contribution in [-0.2, 0) is 20.7 Å². The number of aliphatic hydroxyl groups excluding tert-OH is 1. The molecule has 5 heteroatoms. The van der Waals surface area contributed by atoms with Crippen LogP contribution >= 0.6 is 0 Å². The van der Waals surface area contributed by atoms with E-state index in [0.29, 0.717) is 25.7 Å². The number of carboxylic acid groups (broad SMARTS) is 1. The molecule has 2 aromatic carbocycles. The Balaban J connectivity index is 1.79. The number of ether oxygens (including phenoxy) is 1. The van der Waals surface area contributed by atoms with Gasteiger partial charge in [-0.05, 0) is 36.3 Å². The van der Waals surface area contributed by atoms with Gasteiger partial charge in [0.25, 0.3) is 0 Å². The maximum absolute atomic E-state index is 12.9. The first kappa shape index (κ1) is 20.1. The van der Waals surface area contributed by atoms with Crippen molar-refractivity contribution in [3.8, 4) is 0 Å². The molecule has 2 aromatic rings. The van der Waals surface area contributed by atoms with Crippen LogP contribution in [-0.4, -0.2) is 28.3 Å². The van der Waals surface area contributed by atoms with Crippen molar-refractivity contribution < 1.29 is 24.5 Å². The maximum atomic E-state index is 12.9. The fraction of sp³-hybridized carbons (Fsp3) is 0.391. The first-order valence-corrected chi connectivity index (χ1v) is 9.75. The summed E-state index contributed by atoms with van der Waals surface area (Å²) in [6, 6.07) is 19.0. The Bertz CT molecular complexity index is 774. The predicted molar refractivity (Wildman–Crippen MR) is 105 cm³/mol. The Morgan fingerprint density at radius 1 is 1.00 bits per heavy atom. The summed E-state index contributed by atoms with van der Waals surface area (Å²) in [5.74, 6) is -3.56. The van der Waals surface area contributed by atoms with Crippen LogP contribution in [0.1, 0.15) is 42.9 Å². The molecule has 1 aliphatic rings. The second-order valence-electron chi connectivity index (χ2n) is 7.42.